The molecule has 0 bridgehead atoms. The number of H-pyrrole nitrogens is 1. The van der Waals surface area contributed by atoms with Crippen LogP contribution in [0.5, 0.6) is 0 Å². The van der Waals surface area contributed by atoms with Crippen LogP contribution in [-0.2, 0) is 12.8 Å². The standard InChI is InChI=1S/C21H26FN5O3/c22-17-4-3-14(13-18-19-15(2-1-5-23-19)20(29)25-24-18)12-16(17)21(30)27-8-6-26(7-9-27)10-11-28/h3-4,12,23,28H,1-2,5-11,13H2,(H,25,29). The molecule has 8 nitrogen and oxygen atoms in total. The number of rotatable bonds is 5. The second kappa shape index (κ2) is 8.93. The number of nitrogens with zero attached hydrogens (tertiary/aromatic N) is 3. The molecule has 0 saturated carbocycles. The van der Waals surface area contributed by atoms with Crippen molar-refractivity contribution in [2.45, 2.75) is 19.3 Å². The van der Waals surface area contributed by atoms with Crippen molar-refractivity contribution in [2.75, 3.05) is 51.2 Å². The lowest BCUT2D eigenvalue weighted by Crippen LogP contribution is -2.49. The van der Waals surface area contributed by atoms with Crippen molar-refractivity contribution >= 4 is 11.6 Å². The predicted octanol–water partition coefficient (Wildman–Crippen LogP) is 0.608. The molecule has 160 valence electrons. The number of aromatic amines is 1. The molecule has 0 unspecified atom stereocenters. The highest BCUT2D eigenvalue weighted by atomic mass is 19.1. The van der Waals surface area contributed by atoms with Crippen molar-refractivity contribution in [3.05, 3.63) is 56.8 Å². The van der Waals surface area contributed by atoms with E-state index in [9.17, 15) is 14.0 Å². The Morgan fingerprint density at radius 3 is 2.80 bits per heavy atom. The Labute approximate surface area is 173 Å². The number of β-amino-alcohol motifs (C(OH)–C–C–N with tert-alkyl or cyclic N) is 1. The summed E-state index contributed by atoms with van der Waals surface area (Å²) in [5.41, 5.74) is 2.76. The number of hydrogen-bond donors (Lipinski definition) is 3. The molecular weight excluding hydrogens is 389 g/mol. The Kier molecular flexibility index (Phi) is 6.10. The van der Waals surface area contributed by atoms with Gasteiger partial charge in [-0.2, -0.15) is 5.10 Å². The van der Waals surface area contributed by atoms with Gasteiger partial charge in [-0.3, -0.25) is 14.5 Å². The van der Waals surface area contributed by atoms with E-state index in [0.717, 1.165) is 24.2 Å². The van der Waals surface area contributed by atoms with E-state index >= 15 is 0 Å². The largest absolute Gasteiger partial charge is 0.395 e. The summed E-state index contributed by atoms with van der Waals surface area (Å²) in [6.07, 6.45) is 1.97. The molecule has 1 aromatic heterocycles. The fourth-order valence-electron chi connectivity index (χ4n) is 4.11. The average molecular weight is 415 g/mol. The van der Waals surface area contributed by atoms with Crippen molar-refractivity contribution in [1.82, 2.24) is 20.0 Å². The molecule has 4 rings (SSSR count). The van der Waals surface area contributed by atoms with Crippen molar-refractivity contribution in [3.63, 3.8) is 0 Å². The second-order valence-electron chi connectivity index (χ2n) is 7.73. The van der Waals surface area contributed by atoms with Gasteiger partial charge in [-0.25, -0.2) is 9.49 Å². The summed E-state index contributed by atoms with van der Waals surface area (Å²) in [4.78, 5) is 28.7. The van der Waals surface area contributed by atoms with Gasteiger partial charge in [0.25, 0.3) is 11.5 Å². The molecule has 2 aliphatic heterocycles. The van der Waals surface area contributed by atoms with E-state index in [1.165, 1.54) is 6.07 Å². The van der Waals surface area contributed by atoms with Gasteiger partial charge in [-0.05, 0) is 30.5 Å². The monoisotopic (exact) mass is 415 g/mol. The number of hydrogen-bond acceptors (Lipinski definition) is 6. The molecule has 1 aromatic carbocycles. The zero-order valence-corrected chi connectivity index (χ0v) is 16.8. The topological polar surface area (TPSA) is 102 Å². The molecule has 0 radical (unpaired) electrons. The molecule has 0 atom stereocenters. The lowest BCUT2D eigenvalue weighted by Gasteiger charge is -2.34. The van der Waals surface area contributed by atoms with Gasteiger partial charge in [0.2, 0.25) is 0 Å². The van der Waals surface area contributed by atoms with E-state index < -0.39 is 5.82 Å². The first-order valence-corrected chi connectivity index (χ1v) is 10.3. The van der Waals surface area contributed by atoms with Crippen molar-refractivity contribution < 1.29 is 14.3 Å². The van der Waals surface area contributed by atoms with Gasteiger partial charge in [0, 0.05) is 51.3 Å². The Balaban J connectivity index is 1.53. The van der Waals surface area contributed by atoms with Gasteiger partial charge < -0.3 is 15.3 Å². The molecule has 1 fully saturated rings. The predicted molar refractivity (Wildman–Crippen MR) is 110 cm³/mol. The third kappa shape index (κ3) is 4.22. The zero-order valence-electron chi connectivity index (χ0n) is 16.8. The molecule has 1 amide bonds. The molecule has 30 heavy (non-hydrogen) atoms. The van der Waals surface area contributed by atoms with Crippen LogP contribution in [0.4, 0.5) is 10.1 Å². The van der Waals surface area contributed by atoms with Gasteiger partial charge in [0.1, 0.15) is 5.82 Å². The maximum absolute atomic E-state index is 14.5. The number of piperazine rings is 1. The third-order valence-corrected chi connectivity index (χ3v) is 5.77. The van der Waals surface area contributed by atoms with E-state index in [-0.39, 0.29) is 23.6 Å². The number of benzene rings is 1. The number of halogens is 1. The van der Waals surface area contributed by atoms with E-state index in [0.29, 0.717) is 56.8 Å². The number of amides is 1. The van der Waals surface area contributed by atoms with Crippen LogP contribution in [0, 0.1) is 5.82 Å². The van der Waals surface area contributed by atoms with Crippen LogP contribution in [0.15, 0.2) is 23.0 Å². The van der Waals surface area contributed by atoms with Crippen LogP contribution in [0.25, 0.3) is 0 Å². The van der Waals surface area contributed by atoms with Crippen LogP contribution in [0.2, 0.25) is 0 Å². The number of aliphatic hydroxyl groups excluding tert-OH is 1. The van der Waals surface area contributed by atoms with Crippen molar-refractivity contribution in [1.29, 1.82) is 0 Å². The summed E-state index contributed by atoms with van der Waals surface area (Å²) < 4.78 is 14.5. The molecule has 2 aromatic rings. The Morgan fingerprint density at radius 1 is 1.23 bits per heavy atom. The number of anilines is 1. The molecule has 0 aliphatic carbocycles. The summed E-state index contributed by atoms with van der Waals surface area (Å²) in [5, 5.41) is 19.0. The van der Waals surface area contributed by atoms with Crippen molar-refractivity contribution in [3.8, 4) is 0 Å². The first-order valence-electron chi connectivity index (χ1n) is 10.3. The summed E-state index contributed by atoms with van der Waals surface area (Å²) in [5.74, 6) is -0.872. The van der Waals surface area contributed by atoms with E-state index in [2.05, 4.69) is 20.4 Å². The highest BCUT2D eigenvalue weighted by molar-refractivity contribution is 5.94. The summed E-state index contributed by atoms with van der Waals surface area (Å²) >= 11 is 0. The number of nitrogens with one attached hydrogen (secondary N) is 2. The normalized spacial score (nSPS) is 16.8. The maximum Gasteiger partial charge on any atom is 0.269 e. The van der Waals surface area contributed by atoms with Crippen LogP contribution in [0.3, 0.4) is 0 Å². The number of carbonyl (C=O) groups is 1. The number of aliphatic hydroxyl groups is 1. The molecule has 3 N–H and O–H groups in total. The Morgan fingerprint density at radius 2 is 2.03 bits per heavy atom. The highest BCUT2D eigenvalue weighted by Gasteiger charge is 2.25. The highest BCUT2D eigenvalue weighted by Crippen LogP contribution is 2.24. The van der Waals surface area contributed by atoms with Gasteiger partial charge in [-0.1, -0.05) is 6.07 Å². The quantitative estimate of drug-likeness (QED) is 0.662. The zero-order chi connectivity index (χ0) is 21.1. The SMILES string of the molecule is O=C(c1cc(Cc2n[nH]c(=O)c3c2NCCC3)ccc1F)N1CCN(CCO)CC1. The lowest BCUT2D eigenvalue weighted by atomic mass is 9.99. The maximum atomic E-state index is 14.5. The first kappa shape index (κ1) is 20.5. The molecule has 1 saturated heterocycles. The molecular formula is C21H26FN5O3. The molecule has 2 aliphatic rings. The number of carbonyl (C=O) groups excluding carboxylic acids is 1. The summed E-state index contributed by atoms with van der Waals surface area (Å²) in [6.45, 7) is 3.77. The smallest absolute Gasteiger partial charge is 0.269 e. The molecule has 9 heteroatoms. The third-order valence-electron chi connectivity index (χ3n) is 5.77. The first-order chi connectivity index (χ1) is 14.6. The fraction of sp³-hybridized carbons (Fsp3) is 0.476. The van der Waals surface area contributed by atoms with E-state index in [1.54, 1.807) is 17.0 Å². The van der Waals surface area contributed by atoms with Crippen molar-refractivity contribution in [2.24, 2.45) is 0 Å². The van der Waals surface area contributed by atoms with E-state index in [4.69, 9.17) is 5.11 Å². The van der Waals surface area contributed by atoms with Gasteiger partial charge >= 0.3 is 0 Å². The lowest BCUT2D eigenvalue weighted by molar-refractivity contribution is 0.0610. The number of fused-ring (bicyclic) bond motifs is 1. The fourth-order valence-corrected chi connectivity index (χ4v) is 4.11. The van der Waals surface area contributed by atoms with Crippen LogP contribution >= 0.6 is 0 Å². The van der Waals surface area contributed by atoms with Gasteiger partial charge in [0.05, 0.1) is 23.6 Å². The van der Waals surface area contributed by atoms with Crippen LogP contribution in [0.1, 0.15) is 33.6 Å². The minimum atomic E-state index is -0.545. The van der Waals surface area contributed by atoms with E-state index in [1.807, 2.05) is 0 Å². The minimum Gasteiger partial charge on any atom is -0.395 e. The van der Waals surface area contributed by atoms with Gasteiger partial charge in [-0.15, -0.1) is 0 Å². The molecule has 0 spiro atoms. The number of aromatic nitrogens is 2. The molecule has 3 heterocycles. The Hall–Kier alpha value is -2.78. The second-order valence-corrected chi connectivity index (χ2v) is 7.73. The van der Waals surface area contributed by atoms with Crippen LogP contribution in [-0.4, -0.2) is 76.9 Å². The summed E-state index contributed by atoms with van der Waals surface area (Å²) in [6, 6.07) is 4.54. The van der Waals surface area contributed by atoms with Gasteiger partial charge in [0.15, 0.2) is 0 Å². The average Bonchev–Trinajstić information content (AvgIpc) is 2.77. The summed E-state index contributed by atoms with van der Waals surface area (Å²) in [7, 11) is 0. The minimum absolute atomic E-state index is 0.0503. The Bertz CT molecular complexity index is 985. The van der Waals surface area contributed by atoms with Crippen LogP contribution < -0.4 is 10.9 Å².